The van der Waals surface area contributed by atoms with Gasteiger partial charge in [0.25, 0.3) is 0 Å². The molecule has 5 rings (SSSR count). The molecule has 5 nitrogen and oxygen atoms in total. The molecule has 0 unspecified atom stereocenters. The van der Waals surface area contributed by atoms with Gasteiger partial charge in [0.15, 0.2) is 0 Å². The molecule has 2 heterocycles. The molecular weight excluding hydrogens is 617 g/mol. The van der Waals surface area contributed by atoms with Crippen LogP contribution in [0.3, 0.4) is 0 Å². The van der Waals surface area contributed by atoms with Crippen LogP contribution in [-0.4, -0.2) is 26.0 Å². The van der Waals surface area contributed by atoms with Gasteiger partial charge in [0.2, 0.25) is 0 Å². The minimum absolute atomic E-state index is 0. The van der Waals surface area contributed by atoms with Gasteiger partial charge in [-0.05, 0) is 55.5 Å². The zero-order valence-electron chi connectivity index (χ0n) is 18.0. The Bertz CT molecular complexity index is 1180. The molecule has 0 fully saturated rings. The molecule has 1 radical (unpaired) electrons. The van der Waals surface area contributed by atoms with E-state index >= 15 is 0 Å². The predicted octanol–water partition coefficient (Wildman–Crippen LogP) is 5.55. The van der Waals surface area contributed by atoms with Gasteiger partial charge < -0.3 is 5.11 Å². The van der Waals surface area contributed by atoms with Crippen molar-refractivity contribution in [2.24, 2.45) is 0 Å². The summed E-state index contributed by atoms with van der Waals surface area (Å²) >= 11 is 0. The fourth-order valence-corrected chi connectivity index (χ4v) is 3.53. The van der Waals surface area contributed by atoms with E-state index in [1.807, 2.05) is 0 Å². The average Bonchev–Trinajstić information content (AvgIpc) is 2.85. The molecule has 0 spiro atoms. The molecule has 0 saturated heterocycles. The molecule has 0 saturated carbocycles. The van der Waals surface area contributed by atoms with Gasteiger partial charge in [-0.1, -0.05) is 18.2 Å². The smallest absolute Gasteiger partial charge is 0.354 e. The van der Waals surface area contributed by atoms with Crippen molar-refractivity contribution in [1.82, 2.24) is 15.0 Å². The van der Waals surface area contributed by atoms with Crippen LogP contribution in [0.4, 0.5) is 8.78 Å². The van der Waals surface area contributed by atoms with Crippen LogP contribution in [0.2, 0.25) is 0 Å². The van der Waals surface area contributed by atoms with E-state index in [-0.39, 0.29) is 37.4 Å². The van der Waals surface area contributed by atoms with Crippen molar-refractivity contribution < 1.29 is 38.8 Å². The van der Waals surface area contributed by atoms with Gasteiger partial charge in [-0.15, -0.1) is 29.8 Å². The number of aromatic carboxylic acids is 1. The van der Waals surface area contributed by atoms with Gasteiger partial charge >= 0.3 is 5.97 Å². The average molecular weight is 637 g/mol. The summed E-state index contributed by atoms with van der Waals surface area (Å²) in [7, 11) is 0. The Morgan fingerprint density at radius 1 is 0.853 bits per heavy atom. The number of pyridine rings is 1. The Labute approximate surface area is 209 Å². The van der Waals surface area contributed by atoms with E-state index in [9.17, 15) is 13.6 Å². The molecule has 0 bridgehead atoms. The number of carboxylic acid groups (broad SMARTS) is 1. The minimum Gasteiger partial charge on any atom is -0.477 e. The van der Waals surface area contributed by atoms with E-state index in [0.717, 1.165) is 42.6 Å². The number of hydrogen-bond acceptors (Lipinski definition) is 4. The first kappa shape index (κ1) is 25.3. The van der Waals surface area contributed by atoms with Crippen molar-refractivity contribution in [1.29, 1.82) is 0 Å². The molecule has 175 valence electrons. The van der Waals surface area contributed by atoms with Crippen molar-refractivity contribution in [3.63, 3.8) is 0 Å². The van der Waals surface area contributed by atoms with Crippen molar-refractivity contribution in [2.45, 2.75) is 25.7 Å². The normalized spacial score (nSPS) is 11.9. The quantitative estimate of drug-likeness (QED) is 0.299. The Morgan fingerprint density at radius 2 is 1.50 bits per heavy atom. The van der Waals surface area contributed by atoms with E-state index in [2.05, 4.69) is 11.1 Å². The fraction of sp³-hybridized carbons (Fsp3) is 0.154. The largest absolute Gasteiger partial charge is 0.477 e. The molecule has 0 atom stereocenters. The second kappa shape index (κ2) is 11.7. The van der Waals surface area contributed by atoms with Crippen LogP contribution < -0.4 is 0 Å². The summed E-state index contributed by atoms with van der Waals surface area (Å²) in [5, 5.41) is 8.32. The van der Waals surface area contributed by atoms with Crippen LogP contribution in [0.25, 0.3) is 22.5 Å². The maximum Gasteiger partial charge on any atom is 0.354 e. The van der Waals surface area contributed by atoms with Gasteiger partial charge in [0, 0.05) is 37.8 Å². The SMILES string of the molecule is Fc1c[c-]c(-c2nc3c(nc2-c2ccc(F)cc2)CCCC3)cc1.O=C(O)c1ccccn1.[Ir]. The summed E-state index contributed by atoms with van der Waals surface area (Å²) in [4.78, 5) is 23.3. The first-order chi connectivity index (χ1) is 16.0. The Balaban J connectivity index is 0.000000275. The van der Waals surface area contributed by atoms with Crippen LogP contribution in [0.5, 0.6) is 0 Å². The number of rotatable bonds is 3. The summed E-state index contributed by atoms with van der Waals surface area (Å²) in [5.74, 6) is -1.62. The number of aromatic nitrogens is 3. The predicted molar refractivity (Wildman–Crippen MR) is 119 cm³/mol. The number of hydrogen-bond donors (Lipinski definition) is 1. The molecule has 4 aromatic rings. The third kappa shape index (κ3) is 6.16. The molecular formula is C26H20F2IrN3O2-. The van der Waals surface area contributed by atoms with E-state index in [4.69, 9.17) is 15.1 Å². The van der Waals surface area contributed by atoms with Crippen LogP contribution in [-0.2, 0) is 32.9 Å². The maximum absolute atomic E-state index is 13.3. The first-order valence-corrected chi connectivity index (χ1v) is 10.5. The second-order valence-electron chi connectivity index (χ2n) is 7.47. The number of benzene rings is 2. The fourth-order valence-electron chi connectivity index (χ4n) is 3.53. The zero-order chi connectivity index (χ0) is 23.2. The minimum atomic E-state index is -0.990. The number of carboxylic acids is 1. The van der Waals surface area contributed by atoms with Gasteiger partial charge in [0.05, 0.1) is 17.1 Å². The molecule has 8 heteroatoms. The summed E-state index contributed by atoms with van der Waals surface area (Å²) in [6.07, 6.45) is 5.46. The van der Waals surface area contributed by atoms with Crippen molar-refractivity contribution in [2.75, 3.05) is 0 Å². The third-order valence-electron chi connectivity index (χ3n) is 5.16. The molecule has 34 heavy (non-hydrogen) atoms. The third-order valence-corrected chi connectivity index (χ3v) is 5.16. The van der Waals surface area contributed by atoms with Crippen molar-refractivity contribution >= 4 is 5.97 Å². The maximum atomic E-state index is 13.3. The summed E-state index contributed by atoms with van der Waals surface area (Å²) in [6.45, 7) is 0. The van der Waals surface area contributed by atoms with Crippen LogP contribution in [0.1, 0.15) is 34.7 Å². The second-order valence-corrected chi connectivity index (χ2v) is 7.47. The monoisotopic (exact) mass is 637 g/mol. The van der Waals surface area contributed by atoms with Gasteiger partial charge in [0.1, 0.15) is 11.5 Å². The van der Waals surface area contributed by atoms with E-state index in [1.54, 1.807) is 30.3 Å². The zero-order valence-corrected chi connectivity index (χ0v) is 20.4. The van der Waals surface area contributed by atoms with E-state index < -0.39 is 5.97 Å². The Kier molecular flexibility index (Phi) is 8.68. The van der Waals surface area contributed by atoms with Crippen LogP contribution in [0.15, 0.2) is 66.9 Å². The molecule has 1 N–H and O–H groups in total. The molecule has 2 aromatic carbocycles. The number of halogens is 2. The Morgan fingerprint density at radius 3 is 2.03 bits per heavy atom. The molecule has 0 amide bonds. The summed E-state index contributed by atoms with van der Waals surface area (Å²) in [6, 6.07) is 18.2. The van der Waals surface area contributed by atoms with Crippen LogP contribution in [0, 0.1) is 17.7 Å². The van der Waals surface area contributed by atoms with Crippen LogP contribution >= 0.6 is 0 Å². The summed E-state index contributed by atoms with van der Waals surface area (Å²) < 4.78 is 26.5. The topological polar surface area (TPSA) is 76.0 Å². The van der Waals surface area contributed by atoms with Crippen molar-refractivity contribution in [3.8, 4) is 22.5 Å². The number of aryl methyl sites for hydroxylation is 2. The molecule has 2 aromatic heterocycles. The molecule has 1 aliphatic carbocycles. The molecule has 0 aliphatic heterocycles. The van der Waals surface area contributed by atoms with Gasteiger partial charge in [-0.2, -0.15) is 0 Å². The Hall–Kier alpha value is -3.35. The summed E-state index contributed by atoms with van der Waals surface area (Å²) in [5.41, 5.74) is 4.94. The number of carbonyl (C=O) groups is 1. The van der Waals surface area contributed by atoms with E-state index in [0.29, 0.717) is 17.0 Å². The first-order valence-electron chi connectivity index (χ1n) is 10.5. The number of nitrogens with zero attached hydrogens (tertiary/aromatic N) is 3. The molecule has 1 aliphatic rings. The standard InChI is InChI=1S/C20H15F2N2.C6H5NO2.Ir/c21-15-9-5-13(6-10-15)19-20(14-7-11-16(22)12-8-14)24-18-4-2-1-3-17(18)23-19;8-6(9)5-3-1-2-4-7-5;/h5-7,9-12H,1-4H2;1-4H,(H,8,9);/q-1;;. The van der Waals surface area contributed by atoms with Crippen molar-refractivity contribution in [3.05, 3.63) is 102 Å². The van der Waals surface area contributed by atoms with E-state index in [1.165, 1.54) is 36.5 Å². The van der Waals surface area contributed by atoms with Gasteiger partial charge in [-0.3, -0.25) is 14.4 Å². The number of fused-ring (bicyclic) bond motifs is 1. The van der Waals surface area contributed by atoms with Gasteiger partial charge in [-0.25, -0.2) is 14.2 Å².